The van der Waals surface area contributed by atoms with Crippen molar-refractivity contribution in [3.63, 3.8) is 0 Å². The first-order valence-corrected chi connectivity index (χ1v) is 11.2. The van der Waals surface area contributed by atoms with Gasteiger partial charge in [0.05, 0.1) is 0 Å². The lowest BCUT2D eigenvalue weighted by atomic mass is 9.62. The number of aryl methyl sites for hydroxylation is 1. The Morgan fingerprint density at radius 1 is 1.16 bits per heavy atom. The van der Waals surface area contributed by atoms with Crippen LogP contribution in [0, 0.1) is 25.1 Å². The van der Waals surface area contributed by atoms with E-state index in [9.17, 15) is 19.1 Å². The van der Waals surface area contributed by atoms with E-state index in [2.05, 4.69) is 5.32 Å². The van der Waals surface area contributed by atoms with E-state index in [-0.39, 0.29) is 29.0 Å². The molecule has 2 aromatic rings. The van der Waals surface area contributed by atoms with E-state index in [0.717, 1.165) is 16.7 Å². The number of hydrogen-bond donors (Lipinski definition) is 2. The summed E-state index contributed by atoms with van der Waals surface area (Å²) in [5.74, 6) is -0.500. The standard InChI is InChI=1S/C26H31FN2O3/c1-17-5-4-6-21(18(17)2)25(3,32)24(31)29-13-11-26(12-14-29)15-23(30)28-16-22(26)19-7-9-20(27)10-8-19/h4-10,22,32H,11-16H2,1-3H3,(H,28,30)/t22-,25+/m0/s1. The SMILES string of the molecule is Cc1cccc([C@@](C)(O)C(=O)N2CCC3(CC2)CC(=O)NC[C@H]3c2ccc(F)cc2)c1C. The maximum Gasteiger partial charge on any atom is 0.258 e. The van der Waals surface area contributed by atoms with Gasteiger partial charge in [-0.2, -0.15) is 0 Å². The number of amides is 2. The average Bonchev–Trinajstić information content (AvgIpc) is 2.76. The highest BCUT2D eigenvalue weighted by molar-refractivity contribution is 5.86. The highest BCUT2D eigenvalue weighted by atomic mass is 19.1. The lowest BCUT2D eigenvalue weighted by Gasteiger charge is -2.49. The van der Waals surface area contributed by atoms with Crippen molar-refractivity contribution in [3.05, 3.63) is 70.5 Å². The molecule has 2 aliphatic heterocycles. The number of nitrogens with zero attached hydrogens (tertiary/aromatic N) is 1. The second-order valence-electron chi connectivity index (χ2n) is 9.56. The number of hydrogen-bond acceptors (Lipinski definition) is 3. The van der Waals surface area contributed by atoms with E-state index in [0.29, 0.717) is 44.5 Å². The fourth-order valence-corrected chi connectivity index (χ4v) is 5.49. The van der Waals surface area contributed by atoms with Gasteiger partial charge in [0.25, 0.3) is 5.91 Å². The van der Waals surface area contributed by atoms with Crippen LogP contribution in [0.25, 0.3) is 0 Å². The number of carbonyl (C=O) groups excluding carboxylic acids is 2. The fourth-order valence-electron chi connectivity index (χ4n) is 5.49. The third-order valence-corrected chi connectivity index (χ3v) is 7.62. The Kier molecular flexibility index (Phi) is 5.84. The molecule has 2 amide bonds. The number of halogens is 1. The van der Waals surface area contributed by atoms with Gasteiger partial charge in [0.1, 0.15) is 5.82 Å². The lowest BCUT2D eigenvalue weighted by molar-refractivity contribution is -0.154. The van der Waals surface area contributed by atoms with Crippen LogP contribution in [0.15, 0.2) is 42.5 Å². The minimum atomic E-state index is -1.61. The van der Waals surface area contributed by atoms with Gasteiger partial charge in [0, 0.05) is 32.0 Å². The summed E-state index contributed by atoms with van der Waals surface area (Å²) in [6.45, 7) is 6.92. The molecule has 5 nitrogen and oxygen atoms in total. The van der Waals surface area contributed by atoms with Crippen molar-refractivity contribution in [2.24, 2.45) is 5.41 Å². The summed E-state index contributed by atoms with van der Waals surface area (Å²) in [6.07, 6.45) is 1.72. The van der Waals surface area contributed by atoms with Gasteiger partial charge in [-0.3, -0.25) is 9.59 Å². The van der Waals surface area contributed by atoms with Crippen LogP contribution in [0.3, 0.4) is 0 Å². The topological polar surface area (TPSA) is 69.6 Å². The van der Waals surface area contributed by atoms with Crippen molar-refractivity contribution < 1.29 is 19.1 Å². The van der Waals surface area contributed by atoms with Crippen molar-refractivity contribution in [2.45, 2.75) is 51.6 Å². The number of nitrogens with one attached hydrogen (secondary N) is 1. The van der Waals surface area contributed by atoms with E-state index in [1.165, 1.54) is 12.1 Å². The molecular formula is C26H31FN2O3. The van der Waals surface area contributed by atoms with E-state index in [1.54, 1.807) is 24.0 Å². The number of likely N-dealkylation sites (tertiary alicyclic amines) is 1. The monoisotopic (exact) mass is 438 g/mol. The number of carbonyl (C=O) groups is 2. The molecule has 2 atom stereocenters. The average molecular weight is 439 g/mol. The van der Waals surface area contributed by atoms with Crippen LogP contribution >= 0.6 is 0 Å². The number of benzene rings is 2. The van der Waals surface area contributed by atoms with E-state index in [1.807, 2.05) is 32.0 Å². The molecule has 4 rings (SSSR count). The minimum absolute atomic E-state index is 0.0190. The third kappa shape index (κ3) is 3.92. The number of aliphatic hydroxyl groups is 1. The molecular weight excluding hydrogens is 407 g/mol. The van der Waals surface area contributed by atoms with Gasteiger partial charge >= 0.3 is 0 Å². The highest BCUT2D eigenvalue weighted by Crippen LogP contribution is 2.49. The van der Waals surface area contributed by atoms with Crippen LogP contribution in [0.2, 0.25) is 0 Å². The summed E-state index contributed by atoms with van der Waals surface area (Å²) in [4.78, 5) is 27.4. The first-order chi connectivity index (χ1) is 15.1. The Balaban J connectivity index is 1.55. The predicted octanol–water partition coefficient (Wildman–Crippen LogP) is 3.56. The minimum Gasteiger partial charge on any atom is -0.376 e. The number of rotatable bonds is 3. The molecule has 2 heterocycles. The zero-order valence-electron chi connectivity index (χ0n) is 19.0. The molecule has 32 heavy (non-hydrogen) atoms. The second kappa shape index (κ2) is 8.32. The summed E-state index contributed by atoms with van der Waals surface area (Å²) < 4.78 is 13.5. The molecule has 2 aromatic carbocycles. The van der Waals surface area contributed by atoms with E-state index >= 15 is 0 Å². The molecule has 0 saturated carbocycles. The van der Waals surface area contributed by atoms with Gasteiger partial charge < -0.3 is 15.3 Å². The van der Waals surface area contributed by atoms with Crippen molar-refractivity contribution >= 4 is 11.8 Å². The normalized spacial score (nSPS) is 22.3. The van der Waals surface area contributed by atoms with Gasteiger partial charge in [-0.05, 0) is 73.4 Å². The molecule has 0 radical (unpaired) electrons. The highest BCUT2D eigenvalue weighted by Gasteiger charge is 2.48. The van der Waals surface area contributed by atoms with Crippen molar-refractivity contribution in [1.29, 1.82) is 0 Å². The Hall–Kier alpha value is -2.73. The van der Waals surface area contributed by atoms with E-state index < -0.39 is 5.60 Å². The first kappa shape index (κ1) is 22.5. The van der Waals surface area contributed by atoms with Crippen LogP contribution in [-0.2, 0) is 15.2 Å². The molecule has 0 aliphatic carbocycles. The van der Waals surface area contributed by atoms with Crippen LogP contribution in [0.5, 0.6) is 0 Å². The second-order valence-corrected chi connectivity index (χ2v) is 9.56. The molecule has 2 fully saturated rings. The molecule has 6 heteroatoms. The van der Waals surface area contributed by atoms with Gasteiger partial charge in [-0.15, -0.1) is 0 Å². The Morgan fingerprint density at radius 2 is 1.81 bits per heavy atom. The lowest BCUT2D eigenvalue weighted by Crippen LogP contribution is -2.55. The van der Waals surface area contributed by atoms with E-state index in [4.69, 9.17) is 0 Å². The molecule has 0 bridgehead atoms. The molecule has 0 unspecified atom stereocenters. The van der Waals surface area contributed by atoms with Crippen LogP contribution in [-0.4, -0.2) is 41.5 Å². The summed E-state index contributed by atoms with van der Waals surface area (Å²) in [5, 5.41) is 14.2. The molecule has 170 valence electrons. The molecule has 2 aliphatic rings. The zero-order valence-corrected chi connectivity index (χ0v) is 19.0. The molecule has 0 aromatic heterocycles. The van der Waals surface area contributed by atoms with Gasteiger partial charge in [-0.1, -0.05) is 30.3 Å². The summed E-state index contributed by atoms with van der Waals surface area (Å²) >= 11 is 0. The summed E-state index contributed by atoms with van der Waals surface area (Å²) in [6, 6.07) is 12.1. The fraction of sp³-hybridized carbons (Fsp3) is 0.462. The van der Waals surface area contributed by atoms with Gasteiger partial charge in [0.15, 0.2) is 5.60 Å². The van der Waals surface area contributed by atoms with Crippen molar-refractivity contribution in [2.75, 3.05) is 19.6 Å². The molecule has 2 N–H and O–H groups in total. The van der Waals surface area contributed by atoms with Crippen molar-refractivity contribution in [1.82, 2.24) is 10.2 Å². The van der Waals surface area contributed by atoms with Crippen LogP contribution in [0.1, 0.15) is 54.4 Å². The summed E-state index contributed by atoms with van der Waals surface area (Å²) in [7, 11) is 0. The largest absolute Gasteiger partial charge is 0.376 e. The first-order valence-electron chi connectivity index (χ1n) is 11.2. The van der Waals surface area contributed by atoms with Gasteiger partial charge in [-0.25, -0.2) is 4.39 Å². The van der Waals surface area contributed by atoms with Crippen LogP contribution < -0.4 is 5.32 Å². The van der Waals surface area contributed by atoms with Crippen molar-refractivity contribution in [3.8, 4) is 0 Å². The maximum atomic E-state index is 13.5. The third-order valence-electron chi connectivity index (χ3n) is 7.62. The smallest absolute Gasteiger partial charge is 0.258 e. The predicted molar refractivity (Wildman–Crippen MR) is 121 cm³/mol. The van der Waals surface area contributed by atoms with Gasteiger partial charge in [0.2, 0.25) is 5.91 Å². The Labute approximate surface area is 188 Å². The molecule has 1 spiro atoms. The number of piperidine rings is 2. The molecule has 2 saturated heterocycles. The quantitative estimate of drug-likeness (QED) is 0.770. The Morgan fingerprint density at radius 3 is 2.47 bits per heavy atom. The van der Waals surface area contributed by atoms with Crippen LogP contribution in [0.4, 0.5) is 4.39 Å². The summed E-state index contributed by atoms with van der Waals surface area (Å²) in [5.41, 5.74) is 1.70. The Bertz CT molecular complexity index is 1020. The zero-order chi connectivity index (χ0) is 23.1. The maximum absolute atomic E-state index is 13.5.